The third-order valence-corrected chi connectivity index (χ3v) is 2.42. The molecular formula is C10H8N2O3. The Kier molecular flexibility index (Phi) is 2.00. The van der Waals surface area contributed by atoms with Crippen molar-refractivity contribution in [1.29, 1.82) is 0 Å². The van der Waals surface area contributed by atoms with E-state index in [1.807, 2.05) is 0 Å². The molecule has 0 N–H and O–H groups in total. The summed E-state index contributed by atoms with van der Waals surface area (Å²) in [7, 11) is 1.64. The predicted molar refractivity (Wildman–Crippen MR) is 55.0 cm³/mol. The van der Waals surface area contributed by atoms with Gasteiger partial charge in [0.25, 0.3) is 0 Å². The summed E-state index contributed by atoms with van der Waals surface area (Å²) in [4.78, 5) is 21.1. The number of fused-ring (bicyclic) bond motifs is 1. The van der Waals surface area contributed by atoms with Gasteiger partial charge in [-0.05, 0) is 12.1 Å². The Hall–Kier alpha value is -2.17. The Morgan fingerprint density at radius 1 is 1.40 bits per heavy atom. The van der Waals surface area contributed by atoms with Crippen LogP contribution in [-0.2, 0) is 7.05 Å². The van der Waals surface area contributed by atoms with E-state index in [2.05, 4.69) is 0 Å². The molecule has 0 aliphatic heterocycles. The summed E-state index contributed by atoms with van der Waals surface area (Å²) in [5.74, 6) is 0. The van der Waals surface area contributed by atoms with Crippen molar-refractivity contribution in [1.82, 2.24) is 4.57 Å². The van der Waals surface area contributed by atoms with Gasteiger partial charge >= 0.3 is 5.69 Å². The number of rotatable bonds is 2. The number of nitrogens with zero attached hydrogens (tertiary/aromatic N) is 2. The molecule has 0 amide bonds. The molecule has 0 spiro atoms. The van der Waals surface area contributed by atoms with Crippen LogP contribution in [-0.4, -0.2) is 15.8 Å². The zero-order valence-corrected chi connectivity index (χ0v) is 8.01. The maximum Gasteiger partial charge on any atom is 0.305 e. The fourth-order valence-electron chi connectivity index (χ4n) is 1.72. The van der Waals surface area contributed by atoms with E-state index in [0.717, 1.165) is 0 Å². The van der Waals surface area contributed by atoms with E-state index >= 15 is 0 Å². The number of aldehydes is 1. The van der Waals surface area contributed by atoms with Crippen LogP contribution in [0.4, 0.5) is 5.69 Å². The normalized spacial score (nSPS) is 10.5. The third kappa shape index (κ3) is 1.20. The van der Waals surface area contributed by atoms with Crippen LogP contribution in [0.5, 0.6) is 0 Å². The zero-order chi connectivity index (χ0) is 11.0. The third-order valence-electron chi connectivity index (χ3n) is 2.42. The van der Waals surface area contributed by atoms with Gasteiger partial charge in [0.05, 0.1) is 15.8 Å². The van der Waals surface area contributed by atoms with E-state index in [0.29, 0.717) is 17.2 Å². The van der Waals surface area contributed by atoms with Gasteiger partial charge in [-0.1, -0.05) is 12.1 Å². The molecule has 0 atom stereocenters. The number of para-hydroxylation sites is 1. The zero-order valence-electron chi connectivity index (χ0n) is 8.01. The van der Waals surface area contributed by atoms with E-state index in [9.17, 15) is 14.9 Å². The summed E-state index contributed by atoms with van der Waals surface area (Å²) >= 11 is 0. The Bertz CT molecular complexity index is 557. The highest BCUT2D eigenvalue weighted by Gasteiger charge is 2.23. The number of hydrogen-bond donors (Lipinski definition) is 0. The molecule has 0 saturated heterocycles. The van der Waals surface area contributed by atoms with Crippen molar-refractivity contribution >= 4 is 22.9 Å². The second-order valence-corrected chi connectivity index (χ2v) is 3.18. The van der Waals surface area contributed by atoms with Gasteiger partial charge in [-0.15, -0.1) is 0 Å². The average Bonchev–Trinajstić information content (AvgIpc) is 2.52. The fourth-order valence-corrected chi connectivity index (χ4v) is 1.72. The molecule has 0 aliphatic carbocycles. The van der Waals surface area contributed by atoms with Gasteiger partial charge in [0.1, 0.15) is 0 Å². The van der Waals surface area contributed by atoms with Crippen molar-refractivity contribution in [2.45, 2.75) is 0 Å². The largest absolute Gasteiger partial charge is 0.336 e. The lowest BCUT2D eigenvalue weighted by Crippen LogP contribution is -1.97. The van der Waals surface area contributed by atoms with Crippen LogP contribution in [0.15, 0.2) is 24.3 Å². The lowest BCUT2D eigenvalue weighted by Gasteiger charge is -1.94. The van der Waals surface area contributed by atoms with Crippen molar-refractivity contribution in [3.63, 3.8) is 0 Å². The Labute approximate surface area is 85.1 Å². The van der Waals surface area contributed by atoms with E-state index in [1.165, 1.54) is 4.57 Å². The topological polar surface area (TPSA) is 65.1 Å². The van der Waals surface area contributed by atoms with Crippen LogP contribution in [0.2, 0.25) is 0 Å². The molecule has 5 heteroatoms. The first-order valence-electron chi connectivity index (χ1n) is 4.33. The molecule has 0 fully saturated rings. The number of nitro groups is 1. The van der Waals surface area contributed by atoms with Gasteiger partial charge in [-0.3, -0.25) is 14.9 Å². The number of benzene rings is 1. The summed E-state index contributed by atoms with van der Waals surface area (Å²) in [6.07, 6.45) is 0.512. The minimum absolute atomic E-state index is 0.0983. The minimum atomic E-state index is -0.522. The monoisotopic (exact) mass is 204 g/mol. The molecule has 76 valence electrons. The average molecular weight is 204 g/mol. The number of aromatic nitrogens is 1. The smallest absolute Gasteiger partial charge is 0.305 e. The summed E-state index contributed by atoms with van der Waals surface area (Å²) < 4.78 is 1.53. The van der Waals surface area contributed by atoms with Crippen LogP contribution in [0, 0.1) is 10.1 Å². The molecule has 1 aromatic heterocycles. The van der Waals surface area contributed by atoms with Crippen LogP contribution in [0.1, 0.15) is 10.5 Å². The summed E-state index contributed by atoms with van der Waals surface area (Å²) in [5, 5.41) is 11.3. The molecule has 1 heterocycles. The van der Waals surface area contributed by atoms with E-state index in [4.69, 9.17) is 0 Å². The van der Waals surface area contributed by atoms with Gasteiger partial charge in [-0.25, -0.2) is 0 Å². The molecule has 2 aromatic rings. The summed E-state index contributed by atoms with van der Waals surface area (Å²) in [6, 6.07) is 6.88. The van der Waals surface area contributed by atoms with Crippen LogP contribution in [0.3, 0.4) is 0 Å². The van der Waals surface area contributed by atoms with Gasteiger partial charge in [-0.2, -0.15) is 0 Å². The highest BCUT2D eigenvalue weighted by molar-refractivity contribution is 5.99. The van der Waals surface area contributed by atoms with Crippen molar-refractivity contribution in [2.75, 3.05) is 0 Å². The first kappa shape index (κ1) is 9.39. The summed E-state index contributed by atoms with van der Waals surface area (Å²) in [5.41, 5.74) is 0.663. The minimum Gasteiger partial charge on any atom is -0.336 e. The van der Waals surface area contributed by atoms with Crippen LogP contribution >= 0.6 is 0 Å². The lowest BCUT2D eigenvalue weighted by atomic mass is 10.2. The molecule has 1 aromatic carbocycles. The Morgan fingerprint density at radius 2 is 2.07 bits per heavy atom. The highest BCUT2D eigenvalue weighted by Crippen LogP contribution is 2.30. The molecule has 0 aliphatic rings. The van der Waals surface area contributed by atoms with Crippen molar-refractivity contribution in [3.05, 3.63) is 40.1 Å². The fraction of sp³-hybridized carbons (Fsp3) is 0.100. The number of carbonyl (C=O) groups is 1. The molecule has 0 bridgehead atoms. The van der Waals surface area contributed by atoms with Crippen molar-refractivity contribution < 1.29 is 9.72 Å². The molecule has 2 rings (SSSR count). The molecule has 0 radical (unpaired) electrons. The van der Waals surface area contributed by atoms with Gasteiger partial charge in [0, 0.05) is 7.05 Å². The van der Waals surface area contributed by atoms with Crippen molar-refractivity contribution in [3.8, 4) is 0 Å². The Balaban J connectivity index is 2.97. The molecule has 5 nitrogen and oxygen atoms in total. The van der Waals surface area contributed by atoms with Gasteiger partial charge < -0.3 is 4.57 Å². The maximum absolute atomic E-state index is 10.8. The highest BCUT2D eigenvalue weighted by atomic mass is 16.6. The second-order valence-electron chi connectivity index (χ2n) is 3.18. The maximum atomic E-state index is 10.8. The number of hydrogen-bond acceptors (Lipinski definition) is 3. The molecular weight excluding hydrogens is 196 g/mol. The van der Waals surface area contributed by atoms with Crippen LogP contribution in [0.25, 0.3) is 10.9 Å². The predicted octanol–water partition coefficient (Wildman–Crippen LogP) is 1.90. The number of aryl methyl sites for hydroxylation is 1. The van der Waals surface area contributed by atoms with Crippen molar-refractivity contribution in [2.24, 2.45) is 7.05 Å². The van der Waals surface area contributed by atoms with E-state index in [-0.39, 0.29) is 11.4 Å². The Morgan fingerprint density at radius 3 is 2.67 bits per heavy atom. The second kappa shape index (κ2) is 3.20. The molecule has 0 saturated carbocycles. The summed E-state index contributed by atoms with van der Waals surface area (Å²) in [6.45, 7) is 0. The standard InChI is InChI=1S/C10H8N2O3/c1-11-8-5-3-2-4-7(8)10(12(14)15)9(11)6-13/h2-6H,1H3. The number of carbonyl (C=O) groups excluding carboxylic acids is 1. The van der Waals surface area contributed by atoms with E-state index in [1.54, 1.807) is 31.3 Å². The van der Waals surface area contributed by atoms with Crippen LogP contribution < -0.4 is 0 Å². The quantitative estimate of drug-likeness (QED) is 0.426. The van der Waals surface area contributed by atoms with Gasteiger partial charge in [0.15, 0.2) is 12.0 Å². The first-order valence-corrected chi connectivity index (χ1v) is 4.33. The lowest BCUT2D eigenvalue weighted by molar-refractivity contribution is -0.383. The first-order chi connectivity index (χ1) is 7.16. The molecule has 15 heavy (non-hydrogen) atoms. The van der Waals surface area contributed by atoms with Gasteiger partial charge in [0.2, 0.25) is 0 Å². The molecule has 0 unspecified atom stereocenters. The SMILES string of the molecule is Cn1c(C=O)c([N+](=O)[O-])c2ccccc21. The van der Waals surface area contributed by atoms with E-state index < -0.39 is 4.92 Å².